The van der Waals surface area contributed by atoms with E-state index < -0.39 is 0 Å². The highest BCUT2D eigenvalue weighted by atomic mass is 14.3. The molecule has 1 unspecified atom stereocenters. The van der Waals surface area contributed by atoms with Gasteiger partial charge in [-0.3, -0.25) is 0 Å². The summed E-state index contributed by atoms with van der Waals surface area (Å²) in [5.74, 6) is 2.76. The lowest BCUT2D eigenvalue weighted by atomic mass is 9.77. The van der Waals surface area contributed by atoms with Crippen molar-refractivity contribution >= 4 is 5.57 Å². The van der Waals surface area contributed by atoms with Crippen LogP contribution in [0, 0.1) is 11.8 Å². The van der Waals surface area contributed by atoms with Crippen molar-refractivity contribution in [1.29, 1.82) is 0 Å². The second-order valence-corrected chi connectivity index (χ2v) is 8.26. The summed E-state index contributed by atoms with van der Waals surface area (Å²) in [5, 5.41) is 0. The monoisotopic (exact) mass is 324 g/mol. The quantitative estimate of drug-likeness (QED) is 0.502. The summed E-state index contributed by atoms with van der Waals surface area (Å²) in [6.45, 7) is 4.66. The molecule has 0 heteroatoms. The van der Waals surface area contributed by atoms with Crippen LogP contribution in [0.4, 0.5) is 0 Å². The predicted octanol–water partition coefficient (Wildman–Crippen LogP) is 7.74. The summed E-state index contributed by atoms with van der Waals surface area (Å²) in [5.41, 5.74) is 4.67. The molecule has 24 heavy (non-hydrogen) atoms. The van der Waals surface area contributed by atoms with Gasteiger partial charge in [-0.2, -0.15) is 0 Å². The summed E-state index contributed by atoms with van der Waals surface area (Å²) < 4.78 is 0. The molecule has 0 radical (unpaired) electrons. The first-order valence-electron chi connectivity index (χ1n) is 10.6. The van der Waals surface area contributed by atoms with Crippen molar-refractivity contribution in [3.8, 4) is 0 Å². The minimum atomic E-state index is 0.820. The molecule has 0 aliphatic heterocycles. The summed E-state index contributed by atoms with van der Waals surface area (Å²) in [7, 11) is 0. The topological polar surface area (TPSA) is 0 Å². The van der Waals surface area contributed by atoms with E-state index in [-0.39, 0.29) is 0 Å². The Morgan fingerprint density at radius 1 is 0.875 bits per heavy atom. The predicted molar refractivity (Wildman–Crippen MR) is 106 cm³/mol. The molecule has 0 amide bonds. The lowest BCUT2D eigenvalue weighted by Gasteiger charge is -2.28. The van der Waals surface area contributed by atoms with Crippen molar-refractivity contribution in [2.24, 2.45) is 11.8 Å². The van der Waals surface area contributed by atoms with E-state index >= 15 is 0 Å². The van der Waals surface area contributed by atoms with Crippen LogP contribution >= 0.6 is 0 Å². The number of hydrogen-bond donors (Lipinski definition) is 0. The van der Waals surface area contributed by atoms with Gasteiger partial charge in [-0.15, -0.1) is 0 Å². The van der Waals surface area contributed by atoms with E-state index in [4.69, 9.17) is 0 Å². The van der Waals surface area contributed by atoms with E-state index in [1.54, 1.807) is 11.1 Å². The van der Waals surface area contributed by atoms with Crippen molar-refractivity contribution < 1.29 is 0 Å². The number of rotatable bonds is 6. The molecular formula is C24H36. The van der Waals surface area contributed by atoms with E-state index in [0.717, 1.165) is 17.8 Å². The van der Waals surface area contributed by atoms with E-state index in [1.807, 2.05) is 0 Å². The Bertz CT molecular complexity index is 513. The number of allylic oxidation sites excluding steroid dienone is 2. The SMILES string of the molecule is CCCCC1CC=C(c2ccc(C3CCC(CC)CC3)cc2)CC1. The van der Waals surface area contributed by atoms with Crippen LogP contribution in [0.15, 0.2) is 30.3 Å². The standard InChI is InChI=1S/C24H36/c1-3-5-6-20-9-13-22(14-10-20)24-17-15-23(16-18-24)21-11-7-19(4-2)8-12-21/h13,15-21H,3-12,14H2,1-2H3. The molecule has 2 aliphatic carbocycles. The Kier molecular flexibility index (Phi) is 6.58. The maximum atomic E-state index is 2.53. The molecule has 0 bridgehead atoms. The number of benzene rings is 1. The van der Waals surface area contributed by atoms with Gasteiger partial charge >= 0.3 is 0 Å². The summed E-state index contributed by atoms with van der Waals surface area (Å²) >= 11 is 0. The fraction of sp³-hybridized carbons (Fsp3) is 0.667. The number of hydrogen-bond acceptors (Lipinski definition) is 0. The van der Waals surface area contributed by atoms with E-state index in [9.17, 15) is 0 Å². The largest absolute Gasteiger partial charge is 0.0804 e. The van der Waals surface area contributed by atoms with Crippen LogP contribution < -0.4 is 0 Å². The first kappa shape index (κ1) is 17.8. The average molecular weight is 325 g/mol. The molecule has 132 valence electrons. The molecule has 1 saturated carbocycles. The third kappa shape index (κ3) is 4.52. The van der Waals surface area contributed by atoms with Gasteiger partial charge in [0.15, 0.2) is 0 Å². The summed E-state index contributed by atoms with van der Waals surface area (Å²) in [4.78, 5) is 0. The highest BCUT2D eigenvalue weighted by Gasteiger charge is 2.21. The summed E-state index contributed by atoms with van der Waals surface area (Å²) in [6.07, 6.45) is 17.8. The van der Waals surface area contributed by atoms with Crippen LogP contribution in [-0.4, -0.2) is 0 Å². The lowest BCUT2D eigenvalue weighted by Crippen LogP contribution is -2.12. The third-order valence-corrected chi connectivity index (χ3v) is 6.66. The molecule has 0 N–H and O–H groups in total. The molecule has 2 aliphatic rings. The van der Waals surface area contributed by atoms with Gasteiger partial charge in [0.2, 0.25) is 0 Å². The van der Waals surface area contributed by atoms with Crippen molar-refractivity contribution in [2.75, 3.05) is 0 Å². The Morgan fingerprint density at radius 3 is 2.21 bits per heavy atom. The zero-order valence-electron chi connectivity index (χ0n) is 15.9. The smallest absolute Gasteiger partial charge is 0.0162 e. The molecule has 1 fully saturated rings. The van der Waals surface area contributed by atoms with Crippen LogP contribution in [-0.2, 0) is 0 Å². The fourth-order valence-corrected chi connectivity index (χ4v) is 4.78. The molecule has 3 rings (SSSR count). The van der Waals surface area contributed by atoms with E-state index in [2.05, 4.69) is 44.2 Å². The molecule has 0 aromatic heterocycles. The molecule has 0 saturated heterocycles. The molecule has 1 aromatic carbocycles. The first-order valence-corrected chi connectivity index (χ1v) is 10.6. The van der Waals surface area contributed by atoms with Crippen LogP contribution in [0.5, 0.6) is 0 Å². The van der Waals surface area contributed by atoms with E-state index in [1.165, 1.54) is 76.2 Å². The van der Waals surface area contributed by atoms with Crippen molar-refractivity contribution in [3.05, 3.63) is 41.5 Å². The van der Waals surface area contributed by atoms with Gasteiger partial charge in [0, 0.05) is 0 Å². The highest BCUT2D eigenvalue weighted by Crippen LogP contribution is 2.38. The minimum Gasteiger partial charge on any atom is -0.0804 e. The molecular weight excluding hydrogens is 288 g/mol. The van der Waals surface area contributed by atoms with Crippen molar-refractivity contribution in [3.63, 3.8) is 0 Å². The fourth-order valence-electron chi connectivity index (χ4n) is 4.78. The second-order valence-electron chi connectivity index (χ2n) is 8.26. The Balaban J connectivity index is 1.56. The Hall–Kier alpha value is -1.04. The molecule has 0 nitrogen and oxygen atoms in total. The van der Waals surface area contributed by atoms with Crippen molar-refractivity contribution in [2.45, 2.75) is 90.4 Å². The first-order chi connectivity index (χ1) is 11.8. The van der Waals surface area contributed by atoms with Crippen LogP contribution in [0.3, 0.4) is 0 Å². The van der Waals surface area contributed by atoms with Crippen molar-refractivity contribution in [1.82, 2.24) is 0 Å². The zero-order chi connectivity index (χ0) is 16.8. The molecule has 1 atom stereocenters. The second kappa shape index (κ2) is 8.88. The lowest BCUT2D eigenvalue weighted by molar-refractivity contribution is 0.319. The zero-order valence-corrected chi connectivity index (χ0v) is 15.9. The van der Waals surface area contributed by atoms with Gasteiger partial charge in [-0.25, -0.2) is 0 Å². The van der Waals surface area contributed by atoms with Gasteiger partial charge in [0.1, 0.15) is 0 Å². The van der Waals surface area contributed by atoms with Gasteiger partial charge in [0.05, 0.1) is 0 Å². The van der Waals surface area contributed by atoms with Gasteiger partial charge in [-0.05, 0) is 79.4 Å². The van der Waals surface area contributed by atoms with Crippen LogP contribution in [0.25, 0.3) is 5.57 Å². The highest BCUT2D eigenvalue weighted by molar-refractivity contribution is 5.66. The third-order valence-electron chi connectivity index (χ3n) is 6.66. The minimum absolute atomic E-state index is 0.820. The maximum Gasteiger partial charge on any atom is -0.0162 e. The normalized spacial score (nSPS) is 27.8. The molecule has 0 spiro atoms. The average Bonchev–Trinajstić information content (AvgIpc) is 2.67. The summed E-state index contributed by atoms with van der Waals surface area (Å²) in [6, 6.07) is 9.66. The van der Waals surface area contributed by atoms with Crippen LogP contribution in [0.1, 0.15) is 102 Å². The van der Waals surface area contributed by atoms with Gasteiger partial charge < -0.3 is 0 Å². The van der Waals surface area contributed by atoms with Gasteiger partial charge in [0.25, 0.3) is 0 Å². The van der Waals surface area contributed by atoms with Gasteiger partial charge in [-0.1, -0.05) is 69.9 Å². The van der Waals surface area contributed by atoms with Crippen LogP contribution in [0.2, 0.25) is 0 Å². The Morgan fingerprint density at radius 2 is 1.62 bits per heavy atom. The number of unbranched alkanes of at least 4 members (excludes halogenated alkanes) is 1. The maximum absolute atomic E-state index is 2.53. The van der Waals surface area contributed by atoms with E-state index in [0.29, 0.717) is 0 Å². The molecule has 0 heterocycles. The molecule has 1 aromatic rings. The Labute approximate surface area is 149 Å².